The Balaban J connectivity index is 1.58. The van der Waals surface area contributed by atoms with Gasteiger partial charge in [0.25, 0.3) is 0 Å². The molecular weight excluding hydrogens is 312 g/mol. The van der Waals surface area contributed by atoms with Crippen LogP contribution in [0.4, 0.5) is 11.4 Å². The second-order valence-electron chi connectivity index (χ2n) is 7.24. The Bertz CT molecular complexity index is 572. The van der Waals surface area contributed by atoms with Gasteiger partial charge < -0.3 is 15.7 Å². The molecule has 0 aromatic heterocycles. The van der Waals surface area contributed by atoms with E-state index in [0.29, 0.717) is 17.8 Å². The van der Waals surface area contributed by atoms with Crippen molar-refractivity contribution in [3.8, 4) is 0 Å². The van der Waals surface area contributed by atoms with Gasteiger partial charge in [-0.2, -0.15) is 0 Å². The SMILES string of the molecule is Nc1ccc(Cl)c(N2CCC3(CCC(CC(=O)O)CC3)CC2)c1. The summed E-state index contributed by atoms with van der Waals surface area (Å²) in [6.45, 7) is 2.01. The average Bonchev–Trinajstić information content (AvgIpc) is 2.53. The van der Waals surface area contributed by atoms with Crippen molar-refractivity contribution in [2.75, 3.05) is 23.7 Å². The molecule has 3 N–H and O–H groups in total. The van der Waals surface area contributed by atoms with Crippen molar-refractivity contribution in [2.24, 2.45) is 11.3 Å². The first kappa shape index (κ1) is 16.4. The number of hydrogen-bond donors (Lipinski definition) is 2. The van der Waals surface area contributed by atoms with Gasteiger partial charge in [0.1, 0.15) is 0 Å². The molecule has 0 amide bonds. The molecule has 1 saturated heterocycles. The lowest BCUT2D eigenvalue weighted by molar-refractivity contribution is -0.138. The Labute approximate surface area is 142 Å². The Morgan fingerprint density at radius 3 is 2.52 bits per heavy atom. The Hall–Kier alpha value is -1.42. The fourth-order valence-corrected chi connectivity index (χ4v) is 4.47. The molecule has 1 aliphatic heterocycles. The van der Waals surface area contributed by atoms with E-state index >= 15 is 0 Å². The van der Waals surface area contributed by atoms with Gasteiger partial charge in [-0.25, -0.2) is 0 Å². The number of anilines is 2. The normalized spacial score (nSPS) is 21.5. The van der Waals surface area contributed by atoms with E-state index in [-0.39, 0.29) is 0 Å². The van der Waals surface area contributed by atoms with Crippen LogP contribution in [-0.2, 0) is 4.79 Å². The third kappa shape index (κ3) is 3.74. The summed E-state index contributed by atoms with van der Waals surface area (Å²) in [5, 5.41) is 9.71. The van der Waals surface area contributed by atoms with Crippen LogP contribution in [0.2, 0.25) is 5.02 Å². The summed E-state index contributed by atoms with van der Waals surface area (Å²) in [5.74, 6) is -0.281. The highest BCUT2D eigenvalue weighted by Gasteiger charge is 2.38. The number of piperidine rings is 1. The van der Waals surface area contributed by atoms with Crippen LogP contribution in [0.5, 0.6) is 0 Å². The molecule has 1 saturated carbocycles. The monoisotopic (exact) mass is 336 g/mol. The number of nitrogen functional groups attached to an aromatic ring is 1. The predicted molar refractivity (Wildman–Crippen MR) is 94.0 cm³/mol. The molecule has 1 spiro atoms. The van der Waals surface area contributed by atoms with Crippen LogP contribution in [0, 0.1) is 11.3 Å². The van der Waals surface area contributed by atoms with E-state index in [2.05, 4.69) is 4.90 Å². The molecule has 2 aliphatic rings. The number of aliphatic carboxylic acids is 1. The summed E-state index contributed by atoms with van der Waals surface area (Å²) in [4.78, 5) is 13.2. The molecule has 4 nitrogen and oxygen atoms in total. The molecule has 0 unspecified atom stereocenters. The fraction of sp³-hybridized carbons (Fsp3) is 0.611. The zero-order chi connectivity index (χ0) is 16.4. The number of carboxylic acid groups (broad SMARTS) is 1. The molecule has 23 heavy (non-hydrogen) atoms. The molecule has 126 valence electrons. The van der Waals surface area contributed by atoms with Crippen molar-refractivity contribution >= 4 is 28.9 Å². The highest BCUT2D eigenvalue weighted by molar-refractivity contribution is 6.33. The minimum Gasteiger partial charge on any atom is -0.481 e. The van der Waals surface area contributed by atoms with Crippen LogP contribution >= 0.6 is 11.6 Å². The predicted octanol–water partition coefficient (Wildman–Crippen LogP) is 4.17. The van der Waals surface area contributed by atoms with E-state index < -0.39 is 5.97 Å². The van der Waals surface area contributed by atoms with Gasteiger partial charge in [-0.15, -0.1) is 0 Å². The molecule has 0 atom stereocenters. The summed E-state index contributed by atoms with van der Waals surface area (Å²) in [7, 11) is 0. The number of nitrogens with zero attached hydrogens (tertiary/aromatic N) is 1. The first-order chi connectivity index (χ1) is 11.0. The highest BCUT2D eigenvalue weighted by atomic mass is 35.5. The van der Waals surface area contributed by atoms with E-state index in [0.717, 1.165) is 55.2 Å². The van der Waals surface area contributed by atoms with Crippen LogP contribution in [0.3, 0.4) is 0 Å². The molecule has 0 radical (unpaired) electrons. The van der Waals surface area contributed by atoms with Gasteiger partial charge in [0.2, 0.25) is 0 Å². The van der Waals surface area contributed by atoms with Crippen molar-refractivity contribution < 1.29 is 9.90 Å². The van der Waals surface area contributed by atoms with Gasteiger partial charge in [0, 0.05) is 25.2 Å². The summed E-state index contributed by atoms with van der Waals surface area (Å²) in [6, 6.07) is 5.67. The van der Waals surface area contributed by atoms with Crippen molar-refractivity contribution in [2.45, 2.75) is 44.9 Å². The second kappa shape index (κ2) is 6.60. The van der Waals surface area contributed by atoms with Crippen LogP contribution in [0.15, 0.2) is 18.2 Å². The van der Waals surface area contributed by atoms with Gasteiger partial charge >= 0.3 is 5.97 Å². The van der Waals surface area contributed by atoms with Gasteiger partial charge in [-0.1, -0.05) is 11.6 Å². The summed E-state index contributed by atoms with van der Waals surface area (Å²) in [6.07, 6.45) is 7.13. The number of hydrogen-bond acceptors (Lipinski definition) is 3. The maximum absolute atomic E-state index is 10.9. The van der Waals surface area contributed by atoms with Gasteiger partial charge in [0.15, 0.2) is 0 Å². The first-order valence-corrected chi connectivity index (χ1v) is 8.87. The topological polar surface area (TPSA) is 66.6 Å². The average molecular weight is 337 g/mol. The zero-order valence-corrected chi connectivity index (χ0v) is 14.2. The molecule has 1 aliphatic carbocycles. The summed E-state index contributed by atoms with van der Waals surface area (Å²) in [5.41, 5.74) is 8.10. The number of carbonyl (C=O) groups is 1. The number of carboxylic acids is 1. The summed E-state index contributed by atoms with van der Waals surface area (Å²) < 4.78 is 0. The molecule has 1 heterocycles. The van der Waals surface area contributed by atoms with Crippen molar-refractivity contribution in [3.63, 3.8) is 0 Å². The van der Waals surface area contributed by atoms with E-state index in [1.165, 1.54) is 12.8 Å². The van der Waals surface area contributed by atoms with Gasteiger partial charge in [-0.05, 0) is 68.1 Å². The van der Waals surface area contributed by atoms with Gasteiger partial charge in [-0.3, -0.25) is 4.79 Å². The Morgan fingerprint density at radius 1 is 1.26 bits per heavy atom. The van der Waals surface area contributed by atoms with E-state index in [9.17, 15) is 4.79 Å². The lowest BCUT2D eigenvalue weighted by Gasteiger charge is -2.46. The van der Waals surface area contributed by atoms with Crippen molar-refractivity contribution in [1.82, 2.24) is 0 Å². The molecular formula is C18H25ClN2O2. The smallest absolute Gasteiger partial charge is 0.303 e. The van der Waals surface area contributed by atoms with Crippen LogP contribution in [-0.4, -0.2) is 24.2 Å². The van der Waals surface area contributed by atoms with E-state index in [4.69, 9.17) is 22.4 Å². The molecule has 1 aromatic carbocycles. The largest absolute Gasteiger partial charge is 0.481 e. The third-order valence-corrected chi connectivity index (χ3v) is 6.08. The highest BCUT2D eigenvalue weighted by Crippen LogP contribution is 2.48. The molecule has 2 fully saturated rings. The van der Waals surface area contributed by atoms with Crippen molar-refractivity contribution in [3.05, 3.63) is 23.2 Å². The standard InChI is InChI=1S/C18H25ClN2O2/c19-15-2-1-14(20)12-16(15)21-9-7-18(8-10-21)5-3-13(4-6-18)11-17(22)23/h1-2,12-13H,3-11,20H2,(H,22,23). The maximum atomic E-state index is 10.9. The van der Waals surface area contributed by atoms with Crippen LogP contribution in [0.1, 0.15) is 44.9 Å². The van der Waals surface area contributed by atoms with E-state index in [1.807, 2.05) is 18.2 Å². The third-order valence-electron chi connectivity index (χ3n) is 5.76. The molecule has 5 heteroatoms. The zero-order valence-electron chi connectivity index (χ0n) is 13.4. The molecule has 0 bridgehead atoms. The second-order valence-corrected chi connectivity index (χ2v) is 7.65. The minimum atomic E-state index is -0.655. The number of nitrogens with two attached hydrogens (primary N) is 1. The molecule has 3 rings (SSSR count). The minimum absolute atomic E-state index is 0.334. The number of benzene rings is 1. The van der Waals surface area contributed by atoms with E-state index in [1.54, 1.807) is 0 Å². The van der Waals surface area contributed by atoms with Crippen LogP contribution < -0.4 is 10.6 Å². The molecule has 1 aromatic rings. The van der Waals surface area contributed by atoms with Crippen molar-refractivity contribution in [1.29, 1.82) is 0 Å². The number of rotatable bonds is 3. The quantitative estimate of drug-likeness (QED) is 0.813. The Morgan fingerprint density at radius 2 is 1.91 bits per heavy atom. The first-order valence-electron chi connectivity index (χ1n) is 8.49. The number of halogens is 1. The lowest BCUT2D eigenvalue weighted by Crippen LogP contribution is -2.42. The Kier molecular flexibility index (Phi) is 4.72. The lowest BCUT2D eigenvalue weighted by atomic mass is 9.65. The van der Waals surface area contributed by atoms with Gasteiger partial charge in [0.05, 0.1) is 10.7 Å². The maximum Gasteiger partial charge on any atom is 0.303 e. The summed E-state index contributed by atoms with van der Waals surface area (Å²) >= 11 is 6.32. The van der Waals surface area contributed by atoms with Crippen LogP contribution in [0.25, 0.3) is 0 Å². The fourth-order valence-electron chi connectivity index (χ4n) is 4.24.